The van der Waals surface area contributed by atoms with Crippen molar-refractivity contribution in [3.63, 3.8) is 0 Å². The number of nitrogens with two attached hydrogens (primary N) is 2. The number of hydrogen-bond donors (Lipinski definition) is 2. The van der Waals surface area contributed by atoms with Gasteiger partial charge < -0.3 is 16.4 Å². The molecule has 0 spiro atoms. The molecule has 3 aromatic heterocycles. The Hall–Kier alpha value is -3.73. The fourth-order valence-electron chi connectivity index (χ4n) is 3.64. The number of nitrogens with zero attached hydrogens (tertiary/aromatic N) is 6. The average Bonchev–Trinajstić information content (AvgIpc) is 3.22. The van der Waals surface area contributed by atoms with E-state index in [-0.39, 0.29) is 28.4 Å². The van der Waals surface area contributed by atoms with E-state index >= 15 is 0 Å². The molecule has 0 unspecified atom stereocenters. The van der Waals surface area contributed by atoms with Crippen LogP contribution in [0.25, 0.3) is 16.6 Å². The van der Waals surface area contributed by atoms with Crippen molar-refractivity contribution >= 4 is 28.4 Å². The van der Waals surface area contributed by atoms with Crippen molar-refractivity contribution in [1.29, 1.82) is 0 Å². The number of fused-ring (bicyclic) bond motifs is 3. The van der Waals surface area contributed by atoms with Crippen LogP contribution in [-0.4, -0.2) is 49.0 Å². The van der Waals surface area contributed by atoms with Crippen LogP contribution in [0.1, 0.15) is 48.6 Å². The number of carbonyl (C=O) groups excluding carboxylic acids is 1. The predicted molar refractivity (Wildman–Crippen MR) is 124 cm³/mol. The molecular formula is C23H26F2N8O. The highest BCUT2D eigenvalue weighted by molar-refractivity contribution is 5.93. The largest absolute Gasteiger partial charge is 0.368 e. The number of halogens is 2. The fraction of sp³-hybridized carbons (Fsp3) is 0.348. The number of aromatic nitrogens is 5. The topological polar surface area (TPSA) is 128 Å². The van der Waals surface area contributed by atoms with Gasteiger partial charge in [0.25, 0.3) is 5.91 Å². The molecule has 11 heteroatoms. The quantitative estimate of drug-likeness (QED) is 0.399. The second-order valence-electron chi connectivity index (χ2n) is 8.85. The number of benzene rings is 1. The first-order chi connectivity index (χ1) is 16.0. The number of amides is 1. The molecule has 0 aliphatic carbocycles. The number of hydrogen-bond acceptors (Lipinski definition) is 7. The van der Waals surface area contributed by atoms with Crippen LogP contribution in [0.3, 0.4) is 0 Å². The molecule has 3 heterocycles. The molecule has 1 amide bonds. The van der Waals surface area contributed by atoms with Crippen LogP contribution in [0.2, 0.25) is 0 Å². The summed E-state index contributed by atoms with van der Waals surface area (Å²) < 4.78 is 29.1. The lowest BCUT2D eigenvalue weighted by atomic mass is 9.97. The molecule has 0 aliphatic rings. The summed E-state index contributed by atoms with van der Waals surface area (Å²) in [5, 5.41) is 4.52. The van der Waals surface area contributed by atoms with Crippen molar-refractivity contribution in [2.75, 3.05) is 19.3 Å². The van der Waals surface area contributed by atoms with E-state index in [9.17, 15) is 13.6 Å². The van der Waals surface area contributed by atoms with Gasteiger partial charge in [0, 0.05) is 37.8 Å². The van der Waals surface area contributed by atoms with Gasteiger partial charge in [-0.2, -0.15) is 4.52 Å². The lowest BCUT2D eigenvalue weighted by Crippen LogP contribution is -2.30. The molecule has 178 valence electrons. The van der Waals surface area contributed by atoms with Gasteiger partial charge in [-0.15, -0.1) is 5.10 Å². The van der Waals surface area contributed by atoms with Crippen molar-refractivity contribution < 1.29 is 13.6 Å². The van der Waals surface area contributed by atoms with Gasteiger partial charge >= 0.3 is 0 Å². The summed E-state index contributed by atoms with van der Waals surface area (Å²) in [5.41, 5.74) is 12.8. The molecule has 0 bridgehead atoms. The second-order valence-corrected chi connectivity index (χ2v) is 8.85. The Morgan fingerprint density at radius 1 is 1.18 bits per heavy atom. The van der Waals surface area contributed by atoms with Crippen molar-refractivity contribution in [3.05, 3.63) is 59.2 Å². The van der Waals surface area contributed by atoms with E-state index in [1.807, 2.05) is 19.9 Å². The van der Waals surface area contributed by atoms with Crippen LogP contribution >= 0.6 is 0 Å². The Morgan fingerprint density at radius 2 is 1.94 bits per heavy atom. The minimum atomic E-state index is -0.808. The first-order valence-electron chi connectivity index (χ1n) is 10.9. The van der Waals surface area contributed by atoms with E-state index in [1.54, 1.807) is 24.2 Å². The minimum absolute atomic E-state index is 0.0337. The average molecular weight is 469 g/mol. The summed E-state index contributed by atoms with van der Waals surface area (Å²) in [6.45, 7) is 4.26. The standard InChI is InChI=1S/C23H26F2N8O/c1-23(2,27)13-7-8-17(28-12-13)21(34)32(3)9-5-4-6-18-29-20-15-10-14(24)11-16(25)19(15)30-22(26)33(20)31-18/h7-8,10-12H,4-6,9,27H2,1-3H3,(H2,26,30). The SMILES string of the molecule is CN(CCCCc1nc2c3cc(F)cc(F)c3nc(N)n2n1)C(=O)c1ccc(C(C)(C)N)cn1. The van der Waals surface area contributed by atoms with Crippen LogP contribution < -0.4 is 11.5 Å². The Balaban J connectivity index is 1.39. The first kappa shape index (κ1) is 23.4. The lowest BCUT2D eigenvalue weighted by Gasteiger charge is -2.20. The molecule has 0 saturated heterocycles. The number of rotatable bonds is 7. The highest BCUT2D eigenvalue weighted by Crippen LogP contribution is 2.23. The minimum Gasteiger partial charge on any atom is -0.368 e. The van der Waals surface area contributed by atoms with Crippen molar-refractivity contribution in [2.24, 2.45) is 5.73 Å². The maximum absolute atomic E-state index is 14.1. The zero-order valence-corrected chi connectivity index (χ0v) is 19.2. The summed E-state index contributed by atoms with van der Waals surface area (Å²) in [6.07, 6.45) is 3.51. The summed E-state index contributed by atoms with van der Waals surface area (Å²) in [7, 11) is 1.72. The number of aryl methyl sites for hydroxylation is 1. The third-order valence-corrected chi connectivity index (χ3v) is 5.58. The van der Waals surface area contributed by atoms with Gasteiger partial charge in [-0.1, -0.05) is 6.07 Å². The van der Waals surface area contributed by atoms with Crippen molar-refractivity contribution in [1.82, 2.24) is 29.5 Å². The number of anilines is 1. The summed E-state index contributed by atoms with van der Waals surface area (Å²) in [6, 6.07) is 5.40. The summed E-state index contributed by atoms with van der Waals surface area (Å²) >= 11 is 0. The van der Waals surface area contributed by atoms with Gasteiger partial charge in [0.2, 0.25) is 5.95 Å². The molecular weight excluding hydrogens is 442 g/mol. The van der Waals surface area contributed by atoms with Gasteiger partial charge in [0.05, 0.1) is 5.39 Å². The molecule has 0 fully saturated rings. The van der Waals surface area contributed by atoms with E-state index in [4.69, 9.17) is 11.5 Å². The molecule has 9 nitrogen and oxygen atoms in total. The molecule has 4 N–H and O–H groups in total. The smallest absolute Gasteiger partial charge is 0.272 e. The van der Waals surface area contributed by atoms with Crippen LogP contribution in [0.15, 0.2) is 30.5 Å². The number of nitrogen functional groups attached to an aromatic ring is 1. The summed E-state index contributed by atoms with van der Waals surface area (Å²) in [5.74, 6) is -1.28. The predicted octanol–water partition coefficient (Wildman–Crippen LogP) is 2.82. The highest BCUT2D eigenvalue weighted by atomic mass is 19.1. The van der Waals surface area contributed by atoms with Crippen LogP contribution in [-0.2, 0) is 12.0 Å². The van der Waals surface area contributed by atoms with Gasteiger partial charge in [-0.05, 0) is 44.4 Å². The molecule has 0 radical (unpaired) electrons. The monoisotopic (exact) mass is 468 g/mol. The maximum Gasteiger partial charge on any atom is 0.272 e. The molecule has 0 saturated carbocycles. The Bertz CT molecular complexity index is 1360. The third-order valence-electron chi connectivity index (χ3n) is 5.58. The number of unbranched alkanes of at least 4 members (excludes halogenated alkanes) is 1. The van der Waals surface area contributed by atoms with Gasteiger partial charge in [-0.25, -0.2) is 18.7 Å². The van der Waals surface area contributed by atoms with Crippen LogP contribution in [0, 0.1) is 11.6 Å². The maximum atomic E-state index is 14.1. The Morgan fingerprint density at radius 3 is 2.62 bits per heavy atom. The number of pyridine rings is 1. The number of carbonyl (C=O) groups is 1. The molecule has 4 aromatic rings. The zero-order valence-electron chi connectivity index (χ0n) is 19.2. The lowest BCUT2D eigenvalue weighted by molar-refractivity contribution is 0.0787. The fourth-order valence-corrected chi connectivity index (χ4v) is 3.64. The van der Waals surface area contributed by atoms with Crippen LogP contribution in [0.5, 0.6) is 0 Å². The Kier molecular flexibility index (Phi) is 6.13. The van der Waals surface area contributed by atoms with Gasteiger partial charge in [0.1, 0.15) is 17.0 Å². The van der Waals surface area contributed by atoms with E-state index < -0.39 is 17.2 Å². The highest BCUT2D eigenvalue weighted by Gasteiger charge is 2.18. The van der Waals surface area contributed by atoms with E-state index in [0.717, 1.165) is 17.7 Å². The van der Waals surface area contributed by atoms with Crippen molar-refractivity contribution in [2.45, 2.75) is 38.6 Å². The zero-order chi connectivity index (χ0) is 24.6. The van der Waals surface area contributed by atoms with Gasteiger partial charge in [-0.3, -0.25) is 9.78 Å². The third kappa shape index (κ3) is 4.65. The Labute approximate surface area is 194 Å². The molecule has 34 heavy (non-hydrogen) atoms. The first-order valence-corrected chi connectivity index (χ1v) is 10.9. The molecule has 0 aliphatic heterocycles. The normalized spacial score (nSPS) is 11.9. The molecule has 4 rings (SSSR count). The summed E-state index contributed by atoms with van der Waals surface area (Å²) in [4.78, 5) is 26.9. The van der Waals surface area contributed by atoms with E-state index in [0.29, 0.717) is 37.3 Å². The second kappa shape index (κ2) is 8.90. The van der Waals surface area contributed by atoms with E-state index in [2.05, 4.69) is 20.1 Å². The van der Waals surface area contributed by atoms with Gasteiger partial charge in [0.15, 0.2) is 17.3 Å². The molecule has 1 aromatic carbocycles. The molecule has 0 atom stereocenters. The van der Waals surface area contributed by atoms with Crippen LogP contribution in [0.4, 0.5) is 14.7 Å². The van der Waals surface area contributed by atoms with Crippen molar-refractivity contribution in [3.8, 4) is 0 Å². The van der Waals surface area contributed by atoms with E-state index in [1.165, 1.54) is 4.52 Å².